The number of carbonyl (C=O) groups is 1. The quantitative estimate of drug-likeness (QED) is 0.759. The highest BCUT2D eigenvalue weighted by Gasteiger charge is 2.63. The molecule has 1 amide bonds. The number of hydrogen-bond donors (Lipinski definition) is 2. The molecule has 1 unspecified atom stereocenters. The Morgan fingerprint density at radius 3 is 2.41 bits per heavy atom. The molecule has 3 nitrogen and oxygen atoms in total. The first kappa shape index (κ1) is 14.3. The number of nitrogens with one attached hydrogen (secondary N) is 2. The van der Waals surface area contributed by atoms with Crippen LogP contribution in [-0.2, 0) is 4.79 Å². The lowest BCUT2D eigenvalue weighted by molar-refractivity contribution is -0.166. The molecule has 0 spiro atoms. The lowest BCUT2D eigenvalue weighted by Crippen LogP contribution is -2.49. The minimum atomic E-state index is -4.26. The van der Waals surface area contributed by atoms with E-state index in [0.717, 1.165) is 12.8 Å². The van der Waals surface area contributed by atoms with Crippen LogP contribution < -0.4 is 10.6 Å². The first-order valence-corrected chi connectivity index (χ1v) is 5.92. The first-order valence-electron chi connectivity index (χ1n) is 5.92. The van der Waals surface area contributed by atoms with Crippen LogP contribution in [0.4, 0.5) is 13.2 Å². The molecule has 0 aromatic carbocycles. The number of hydrogen-bond acceptors (Lipinski definition) is 2. The van der Waals surface area contributed by atoms with Crippen molar-refractivity contribution in [2.45, 2.75) is 57.3 Å². The summed E-state index contributed by atoms with van der Waals surface area (Å²) in [6.45, 7) is 3.56. The Balaban J connectivity index is 2.29. The summed E-state index contributed by atoms with van der Waals surface area (Å²) in [5.41, 5.74) is -1.81. The lowest BCUT2D eigenvalue weighted by Gasteiger charge is -2.21. The van der Waals surface area contributed by atoms with Crippen LogP contribution >= 0.6 is 0 Å². The zero-order valence-corrected chi connectivity index (χ0v) is 10.2. The molecule has 100 valence electrons. The third kappa shape index (κ3) is 3.87. The molecule has 17 heavy (non-hydrogen) atoms. The molecule has 1 rings (SSSR count). The summed E-state index contributed by atoms with van der Waals surface area (Å²) in [4.78, 5) is 11.4. The summed E-state index contributed by atoms with van der Waals surface area (Å²) >= 11 is 0. The minimum Gasteiger partial charge on any atom is -0.353 e. The summed E-state index contributed by atoms with van der Waals surface area (Å²) in [7, 11) is 0. The van der Waals surface area contributed by atoms with Gasteiger partial charge in [0.2, 0.25) is 5.91 Å². The average molecular weight is 252 g/mol. The molecule has 1 aliphatic rings. The molecule has 0 radical (unpaired) electrons. The highest BCUT2D eigenvalue weighted by molar-refractivity contribution is 5.78. The number of carbonyl (C=O) groups excluding carboxylic acids is 1. The van der Waals surface area contributed by atoms with E-state index < -0.39 is 11.7 Å². The molecule has 0 aromatic rings. The standard InChI is InChI=1S/C11H19F3N2O/c1-3-4-8(2)16-9(17)7-15-10(5-6-10)11(12,13)14/h8,15H,3-7H2,1-2H3,(H,16,17). The molecule has 6 heteroatoms. The van der Waals surface area contributed by atoms with Crippen molar-refractivity contribution in [3.05, 3.63) is 0 Å². The maximum absolute atomic E-state index is 12.5. The van der Waals surface area contributed by atoms with Crippen LogP contribution in [0.5, 0.6) is 0 Å². The molecule has 0 heterocycles. The second-order valence-electron chi connectivity index (χ2n) is 4.69. The predicted molar refractivity (Wildman–Crippen MR) is 58.5 cm³/mol. The lowest BCUT2D eigenvalue weighted by atomic mass is 10.2. The smallest absolute Gasteiger partial charge is 0.353 e. The SMILES string of the molecule is CCCC(C)NC(=O)CNC1(C(F)(F)F)CC1. The maximum Gasteiger partial charge on any atom is 0.406 e. The molecule has 1 fully saturated rings. The van der Waals surface area contributed by atoms with Gasteiger partial charge in [-0.25, -0.2) is 0 Å². The molecule has 2 N–H and O–H groups in total. The van der Waals surface area contributed by atoms with E-state index in [2.05, 4.69) is 10.6 Å². The van der Waals surface area contributed by atoms with Crippen LogP contribution in [0.1, 0.15) is 39.5 Å². The maximum atomic E-state index is 12.5. The van der Waals surface area contributed by atoms with E-state index in [-0.39, 0.29) is 31.3 Å². The molecule has 0 saturated heterocycles. The van der Waals surface area contributed by atoms with Crippen molar-refractivity contribution in [1.82, 2.24) is 10.6 Å². The Labute approximate surface area is 99.1 Å². The number of alkyl halides is 3. The minimum absolute atomic E-state index is 0.00957. The molecular formula is C11H19F3N2O. The first-order chi connectivity index (χ1) is 7.81. The van der Waals surface area contributed by atoms with Gasteiger partial charge in [0, 0.05) is 6.04 Å². The van der Waals surface area contributed by atoms with E-state index in [4.69, 9.17) is 0 Å². The summed E-state index contributed by atoms with van der Waals surface area (Å²) in [5, 5.41) is 4.98. The molecule has 0 bridgehead atoms. The van der Waals surface area contributed by atoms with Crippen molar-refractivity contribution in [2.75, 3.05) is 6.54 Å². The Kier molecular flexibility index (Phi) is 4.41. The van der Waals surface area contributed by atoms with Gasteiger partial charge in [-0.15, -0.1) is 0 Å². The highest BCUT2D eigenvalue weighted by Crippen LogP contribution is 2.48. The fourth-order valence-corrected chi connectivity index (χ4v) is 1.77. The van der Waals surface area contributed by atoms with Crippen LogP contribution in [0.15, 0.2) is 0 Å². The summed E-state index contributed by atoms with van der Waals surface area (Å²) < 4.78 is 37.6. The molecule has 0 aliphatic heterocycles. The van der Waals surface area contributed by atoms with E-state index in [1.165, 1.54) is 0 Å². The summed E-state index contributed by atoms with van der Waals surface area (Å²) in [5.74, 6) is -0.374. The van der Waals surface area contributed by atoms with Gasteiger partial charge in [0.1, 0.15) is 5.54 Å². The van der Waals surface area contributed by atoms with E-state index in [1.807, 2.05) is 13.8 Å². The van der Waals surface area contributed by atoms with Gasteiger partial charge in [0.25, 0.3) is 0 Å². The van der Waals surface area contributed by atoms with Gasteiger partial charge in [0.15, 0.2) is 0 Å². The van der Waals surface area contributed by atoms with Crippen LogP contribution in [0.25, 0.3) is 0 Å². The Bertz CT molecular complexity index is 274. The monoisotopic (exact) mass is 252 g/mol. The van der Waals surface area contributed by atoms with Crippen molar-refractivity contribution in [1.29, 1.82) is 0 Å². The number of halogens is 3. The van der Waals surface area contributed by atoms with E-state index >= 15 is 0 Å². The van der Waals surface area contributed by atoms with Crippen molar-refractivity contribution in [3.63, 3.8) is 0 Å². The van der Waals surface area contributed by atoms with E-state index in [0.29, 0.717) is 0 Å². The normalized spacial score (nSPS) is 19.8. The molecule has 1 saturated carbocycles. The summed E-state index contributed by atoms with van der Waals surface area (Å²) in [6, 6.07) is 0.00957. The second-order valence-corrected chi connectivity index (χ2v) is 4.69. The van der Waals surface area contributed by atoms with Crippen molar-refractivity contribution >= 4 is 5.91 Å². The average Bonchev–Trinajstić information content (AvgIpc) is 2.94. The molecule has 0 aromatic heterocycles. The van der Waals surface area contributed by atoms with Gasteiger partial charge in [-0.1, -0.05) is 13.3 Å². The van der Waals surface area contributed by atoms with Gasteiger partial charge < -0.3 is 5.32 Å². The zero-order valence-electron chi connectivity index (χ0n) is 10.2. The number of rotatable bonds is 6. The largest absolute Gasteiger partial charge is 0.406 e. The van der Waals surface area contributed by atoms with Crippen molar-refractivity contribution < 1.29 is 18.0 Å². The Morgan fingerprint density at radius 2 is 2.00 bits per heavy atom. The highest BCUT2D eigenvalue weighted by atomic mass is 19.4. The fourth-order valence-electron chi connectivity index (χ4n) is 1.77. The number of amides is 1. The fraction of sp³-hybridized carbons (Fsp3) is 0.909. The van der Waals surface area contributed by atoms with E-state index in [9.17, 15) is 18.0 Å². The third-order valence-corrected chi connectivity index (χ3v) is 3.01. The van der Waals surface area contributed by atoms with E-state index in [1.54, 1.807) is 0 Å². The summed E-state index contributed by atoms with van der Waals surface area (Å²) in [6.07, 6.45) is -2.37. The second kappa shape index (κ2) is 5.25. The zero-order chi connectivity index (χ0) is 13.1. The predicted octanol–water partition coefficient (Wildman–Crippen LogP) is 1.98. The van der Waals surface area contributed by atoms with Gasteiger partial charge in [-0.3, -0.25) is 10.1 Å². The van der Waals surface area contributed by atoms with Crippen molar-refractivity contribution in [2.24, 2.45) is 0 Å². The molecule has 1 atom stereocenters. The van der Waals surface area contributed by atoms with Gasteiger partial charge >= 0.3 is 6.18 Å². The topological polar surface area (TPSA) is 41.1 Å². The molecular weight excluding hydrogens is 233 g/mol. The Hall–Kier alpha value is -0.780. The van der Waals surface area contributed by atoms with Crippen LogP contribution in [0.2, 0.25) is 0 Å². The Morgan fingerprint density at radius 1 is 1.41 bits per heavy atom. The van der Waals surface area contributed by atoms with Gasteiger partial charge in [0.05, 0.1) is 6.54 Å². The molecule has 1 aliphatic carbocycles. The van der Waals surface area contributed by atoms with Crippen molar-refractivity contribution in [3.8, 4) is 0 Å². The van der Waals surface area contributed by atoms with Crippen LogP contribution in [0.3, 0.4) is 0 Å². The van der Waals surface area contributed by atoms with Crippen LogP contribution in [0, 0.1) is 0 Å². The van der Waals surface area contributed by atoms with Crippen LogP contribution in [-0.4, -0.2) is 30.2 Å². The van der Waals surface area contributed by atoms with Gasteiger partial charge in [-0.05, 0) is 26.2 Å². The van der Waals surface area contributed by atoms with Gasteiger partial charge in [-0.2, -0.15) is 13.2 Å². The third-order valence-electron chi connectivity index (χ3n) is 3.01.